The van der Waals surface area contributed by atoms with Gasteiger partial charge in [-0.05, 0) is 18.2 Å². The second-order valence-electron chi connectivity index (χ2n) is 3.61. The molecule has 0 atom stereocenters. The topological polar surface area (TPSA) is 18.5 Å². The number of halogens is 2. The fourth-order valence-corrected chi connectivity index (χ4v) is 2.01. The molecule has 0 radical (unpaired) electrons. The molecule has 0 N–H and O–H groups in total. The number of hydrogen-bond donors (Lipinski definition) is 0. The third-order valence-electron chi connectivity index (χ3n) is 2.47. The van der Waals surface area contributed by atoms with Crippen LogP contribution < -0.4 is 9.47 Å². The summed E-state index contributed by atoms with van der Waals surface area (Å²) in [5, 5.41) is 0.552. The maximum atomic E-state index is 6.05. The molecule has 0 unspecified atom stereocenters. The van der Waals surface area contributed by atoms with E-state index in [9.17, 15) is 0 Å². The van der Waals surface area contributed by atoms with Crippen LogP contribution in [0, 0.1) is 0 Å². The smallest absolute Gasteiger partial charge is 0.169 e. The van der Waals surface area contributed by atoms with Crippen molar-refractivity contribution in [1.82, 2.24) is 0 Å². The summed E-state index contributed by atoms with van der Waals surface area (Å²) < 4.78 is 11.1. The lowest BCUT2D eigenvalue weighted by Crippen LogP contribution is -1.94. The molecule has 0 aliphatic heterocycles. The number of para-hydroxylation sites is 2. The standard InChI is InChI=1S/C14H12Cl2O2/c1-17-14-10(9-15)5-4-8-13(14)18-12-7-3-2-6-11(12)16/h2-8H,9H2,1H3. The number of benzene rings is 2. The van der Waals surface area contributed by atoms with Gasteiger partial charge in [0.15, 0.2) is 11.5 Å². The summed E-state index contributed by atoms with van der Waals surface area (Å²) in [6.45, 7) is 0. The molecule has 0 saturated heterocycles. The molecule has 2 rings (SSSR count). The lowest BCUT2D eigenvalue weighted by Gasteiger charge is -2.13. The molecule has 94 valence electrons. The molecule has 18 heavy (non-hydrogen) atoms. The van der Waals surface area contributed by atoms with Gasteiger partial charge in [-0.3, -0.25) is 0 Å². The van der Waals surface area contributed by atoms with Crippen LogP contribution in [-0.4, -0.2) is 7.11 Å². The summed E-state index contributed by atoms with van der Waals surface area (Å²) in [5.41, 5.74) is 0.878. The van der Waals surface area contributed by atoms with Gasteiger partial charge in [0.1, 0.15) is 5.75 Å². The fourth-order valence-electron chi connectivity index (χ4n) is 1.62. The second-order valence-corrected chi connectivity index (χ2v) is 4.29. The number of ether oxygens (including phenoxy) is 2. The molecule has 2 aromatic rings. The summed E-state index contributed by atoms with van der Waals surface area (Å²) in [6, 6.07) is 12.9. The first-order valence-corrected chi connectivity index (χ1v) is 6.31. The Morgan fingerprint density at radius 1 is 1.00 bits per heavy atom. The first-order valence-electron chi connectivity index (χ1n) is 5.40. The summed E-state index contributed by atoms with van der Waals surface area (Å²) >= 11 is 11.9. The molecule has 0 bridgehead atoms. The molecule has 0 aliphatic carbocycles. The van der Waals surface area contributed by atoms with E-state index in [0.29, 0.717) is 28.2 Å². The largest absolute Gasteiger partial charge is 0.493 e. The van der Waals surface area contributed by atoms with E-state index in [1.807, 2.05) is 30.3 Å². The Hall–Kier alpha value is -1.38. The highest BCUT2D eigenvalue weighted by molar-refractivity contribution is 6.32. The van der Waals surface area contributed by atoms with Crippen molar-refractivity contribution < 1.29 is 9.47 Å². The van der Waals surface area contributed by atoms with Crippen molar-refractivity contribution in [1.29, 1.82) is 0 Å². The highest BCUT2D eigenvalue weighted by Crippen LogP contribution is 2.37. The molecule has 2 nitrogen and oxygen atoms in total. The number of methoxy groups -OCH3 is 1. The van der Waals surface area contributed by atoms with Crippen molar-refractivity contribution in [2.45, 2.75) is 5.88 Å². The maximum absolute atomic E-state index is 6.05. The van der Waals surface area contributed by atoms with Crippen LogP contribution in [0.1, 0.15) is 5.56 Å². The zero-order valence-corrected chi connectivity index (χ0v) is 11.3. The Morgan fingerprint density at radius 2 is 1.72 bits per heavy atom. The van der Waals surface area contributed by atoms with E-state index in [0.717, 1.165) is 5.56 Å². The van der Waals surface area contributed by atoms with Crippen molar-refractivity contribution in [3.63, 3.8) is 0 Å². The Morgan fingerprint density at radius 3 is 2.39 bits per heavy atom. The SMILES string of the molecule is COc1c(CCl)cccc1Oc1ccccc1Cl. The third kappa shape index (κ3) is 2.71. The fraction of sp³-hybridized carbons (Fsp3) is 0.143. The van der Waals surface area contributed by atoms with E-state index in [-0.39, 0.29) is 0 Å². The van der Waals surface area contributed by atoms with Crippen molar-refractivity contribution in [2.24, 2.45) is 0 Å². The number of rotatable bonds is 4. The van der Waals surface area contributed by atoms with Crippen LogP contribution in [0.4, 0.5) is 0 Å². The summed E-state index contributed by atoms with van der Waals surface area (Å²) in [5.74, 6) is 2.18. The molecular formula is C14H12Cl2O2. The monoisotopic (exact) mass is 282 g/mol. The van der Waals surface area contributed by atoms with E-state index in [1.165, 1.54) is 0 Å². The van der Waals surface area contributed by atoms with Crippen LogP contribution in [0.5, 0.6) is 17.2 Å². The Kier molecular flexibility index (Phi) is 4.34. The number of alkyl halides is 1. The highest BCUT2D eigenvalue weighted by atomic mass is 35.5. The minimum absolute atomic E-state index is 0.364. The number of hydrogen-bond acceptors (Lipinski definition) is 2. The lowest BCUT2D eigenvalue weighted by molar-refractivity contribution is 0.376. The Labute approximate surface area is 116 Å². The predicted octanol–water partition coefficient (Wildman–Crippen LogP) is 4.88. The summed E-state index contributed by atoms with van der Waals surface area (Å²) in [7, 11) is 1.59. The highest BCUT2D eigenvalue weighted by Gasteiger charge is 2.11. The summed E-state index contributed by atoms with van der Waals surface area (Å²) in [4.78, 5) is 0. The van der Waals surface area contributed by atoms with Gasteiger partial charge in [0, 0.05) is 5.56 Å². The van der Waals surface area contributed by atoms with E-state index in [4.69, 9.17) is 32.7 Å². The molecule has 0 aromatic heterocycles. The average Bonchev–Trinajstić information content (AvgIpc) is 2.41. The van der Waals surface area contributed by atoms with Gasteiger partial charge in [-0.25, -0.2) is 0 Å². The van der Waals surface area contributed by atoms with Gasteiger partial charge in [0.05, 0.1) is 18.0 Å². The zero-order chi connectivity index (χ0) is 13.0. The van der Waals surface area contributed by atoms with Crippen LogP contribution >= 0.6 is 23.2 Å². The first-order chi connectivity index (χ1) is 8.76. The quantitative estimate of drug-likeness (QED) is 0.744. The van der Waals surface area contributed by atoms with Gasteiger partial charge in [-0.15, -0.1) is 11.6 Å². The van der Waals surface area contributed by atoms with Crippen LogP contribution in [0.3, 0.4) is 0 Å². The molecule has 0 aliphatic rings. The van der Waals surface area contributed by atoms with Gasteiger partial charge in [-0.2, -0.15) is 0 Å². The Balaban J connectivity index is 2.37. The molecular weight excluding hydrogens is 271 g/mol. The molecule has 2 aromatic carbocycles. The summed E-state index contributed by atoms with van der Waals surface area (Å²) in [6.07, 6.45) is 0. The van der Waals surface area contributed by atoms with Gasteiger partial charge < -0.3 is 9.47 Å². The van der Waals surface area contributed by atoms with Crippen molar-refractivity contribution in [3.05, 3.63) is 53.1 Å². The van der Waals surface area contributed by atoms with Crippen LogP contribution in [0.25, 0.3) is 0 Å². The minimum Gasteiger partial charge on any atom is -0.493 e. The van der Waals surface area contributed by atoms with E-state index in [1.54, 1.807) is 19.2 Å². The first kappa shape index (κ1) is 13.1. The average molecular weight is 283 g/mol. The lowest BCUT2D eigenvalue weighted by atomic mass is 10.2. The van der Waals surface area contributed by atoms with Gasteiger partial charge in [-0.1, -0.05) is 35.9 Å². The zero-order valence-electron chi connectivity index (χ0n) is 9.82. The predicted molar refractivity (Wildman–Crippen MR) is 74.1 cm³/mol. The second kappa shape index (κ2) is 5.98. The van der Waals surface area contributed by atoms with Gasteiger partial charge >= 0.3 is 0 Å². The molecule has 0 spiro atoms. The van der Waals surface area contributed by atoms with Crippen molar-refractivity contribution >= 4 is 23.2 Å². The van der Waals surface area contributed by atoms with Crippen molar-refractivity contribution in [2.75, 3.05) is 7.11 Å². The van der Waals surface area contributed by atoms with Crippen molar-refractivity contribution in [3.8, 4) is 17.2 Å². The minimum atomic E-state index is 0.364. The van der Waals surface area contributed by atoms with E-state index in [2.05, 4.69) is 0 Å². The maximum Gasteiger partial charge on any atom is 0.169 e. The van der Waals surface area contributed by atoms with Crippen LogP contribution in [0.2, 0.25) is 5.02 Å². The van der Waals surface area contributed by atoms with Crippen LogP contribution in [-0.2, 0) is 5.88 Å². The van der Waals surface area contributed by atoms with E-state index < -0.39 is 0 Å². The Bertz CT molecular complexity index is 541. The molecule has 0 heterocycles. The van der Waals surface area contributed by atoms with Crippen LogP contribution in [0.15, 0.2) is 42.5 Å². The van der Waals surface area contributed by atoms with E-state index >= 15 is 0 Å². The third-order valence-corrected chi connectivity index (χ3v) is 3.07. The normalized spacial score (nSPS) is 10.2. The molecule has 0 amide bonds. The molecule has 0 fully saturated rings. The van der Waals surface area contributed by atoms with Gasteiger partial charge in [0.2, 0.25) is 0 Å². The van der Waals surface area contributed by atoms with Gasteiger partial charge in [0.25, 0.3) is 0 Å². The molecule has 4 heteroatoms. The molecule has 0 saturated carbocycles.